The molecule has 2 heterocycles. The number of epoxide rings is 2. The smallest absolute Gasteiger partial charge is 0.417 e. The molecule has 0 amide bonds. The molecule has 5 aromatic rings. The van der Waals surface area contributed by atoms with Crippen LogP contribution in [0.25, 0.3) is 0 Å². The Morgan fingerprint density at radius 2 is 1.13 bits per heavy atom. The molecular weight excluding hydrogens is 1120 g/mol. The molecule has 79 heavy (non-hydrogen) atoms. The number of nitro benzene ring substituents is 1. The molecule has 0 radical (unpaired) electrons. The summed E-state index contributed by atoms with van der Waals surface area (Å²) in [6.45, 7) is 7.74. The summed E-state index contributed by atoms with van der Waals surface area (Å²) in [7, 11) is -3.68. The number of alkyl halides is 13. The van der Waals surface area contributed by atoms with Crippen molar-refractivity contribution in [1.29, 1.82) is 0 Å². The van der Waals surface area contributed by atoms with Gasteiger partial charge in [-0.2, -0.15) is 52.7 Å². The summed E-state index contributed by atoms with van der Waals surface area (Å²) in [6.07, 6.45) is -20.4. The zero-order chi connectivity index (χ0) is 59.8. The normalized spacial score (nSPS) is 15.6. The Balaban J connectivity index is 0.000000342. The average molecular weight is 1170 g/mol. The number of halogens is 13. The molecular formula is C50H52F13NO14S. The van der Waals surface area contributed by atoms with E-state index in [4.69, 9.17) is 43.7 Å². The molecule has 0 aromatic heterocycles. The fraction of sp³-hybridized carbons (Fsp3) is 0.380. The number of aromatic carboxylic acids is 1. The van der Waals surface area contributed by atoms with Crippen molar-refractivity contribution in [2.24, 2.45) is 0 Å². The molecule has 0 spiro atoms. The third-order valence-corrected chi connectivity index (χ3v) is 11.4. The van der Waals surface area contributed by atoms with E-state index in [0.717, 1.165) is 36.4 Å². The minimum atomic E-state index is -4.81. The third-order valence-electron chi connectivity index (χ3n) is 9.99. The van der Waals surface area contributed by atoms with Gasteiger partial charge in [0, 0.05) is 13.6 Å². The highest BCUT2D eigenvalue weighted by atomic mass is 32.2. The monoisotopic (exact) mass is 1170 g/mol. The molecule has 0 aliphatic carbocycles. The van der Waals surface area contributed by atoms with Crippen LogP contribution >= 0.6 is 0 Å². The minimum Gasteiger partial charge on any atom is -0.508 e. The average Bonchev–Trinajstić information content (AvgIpc) is 4.29. The fourth-order valence-electron chi connectivity index (χ4n) is 5.88. The number of sulfone groups is 1. The Morgan fingerprint density at radius 3 is 1.54 bits per heavy atom. The molecule has 0 saturated carbocycles. The Bertz CT molecular complexity index is 2870. The summed E-state index contributed by atoms with van der Waals surface area (Å²) in [5, 5.41) is 36.9. The molecule has 2 fully saturated rings. The maximum Gasteiger partial charge on any atom is 0.417 e. The summed E-state index contributed by atoms with van der Waals surface area (Å²) < 4.78 is 215. The zero-order valence-corrected chi connectivity index (χ0v) is 42.7. The van der Waals surface area contributed by atoms with Crippen LogP contribution in [0.3, 0.4) is 0 Å². The second kappa shape index (κ2) is 28.3. The van der Waals surface area contributed by atoms with Crippen LogP contribution in [0.4, 0.5) is 62.8 Å². The van der Waals surface area contributed by atoms with Crippen molar-refractivity contribution in [3.05, 3.63) is 152 Å². The molecule has 2 saturated heterocycles. The molecule has 2 aliphatic heterocycles. The van der Waals surface area contributed by atoms with Crippen LogP contribution in [0.1, 0.15) is 64.6 Å². The molecule has 2 aliphatic rings. The molecule has 29 heteroatoms. The molecule has 5 aromatic carbocycles. The van der Waals surface area contributed by atoms with Gasteiger partial charge < -0.3 is 43.7 Å². The lowest BCUT2D eigenvalue weighted by atomic mass is 10.1. The van der Waals surface area contributed by atoms with Gasteiger partial charge in [-0.25, -0.2) is 17.6 Å². The van der Waals surface area contributed by atoms with Crippen LogP contribution in [0, 0.1) is 30.9 Å². The molecule has 0 bridgehead atoms. The van der Waals surface area contributed by atoms with E-state index in [1.165, 1.54) is 89.2 Å². The maximum absolute atomic E-state index is 12.6. The number of phenolic OH excluding ortho intramolecular Hbond substituents is 1. The minimum absolute atomic E-state index is 0. The van der Waals surface area contributed by atoms with Gasteiger partial charge in [-0.1, -0.05) is 24.3 Å². The number of aliphatic hydroxyl groups excluding tert-OH is 1. The van der Waals surface area contributed by atoms with Crippen LogP contribution in [0.2, 0.25) is 0 Å². The number of hydrogen-bond acceptors (Lipinski definition) is 13. The lowest BCUT2D eigenvalue weighted by molar-refractivity contribution is -0.385. The van der Waals surface area contributed by atoms with Gasteiger partial charge in [0.1, 0.15) is 61.7 Å². The first kappa shape index (κ1) is 66.3. The quantitative estimate of drug-likeness (QED) is 0.0385. The SMILES string of the molecule is C[C@@H](F)COc1ccc(C(=O)O)c(C(F)(F)F)c1.Cc1ccc(O)cc1C(F)(F)F.Cc1ccc(OC[C@@H]2CO2)cc1C(F)(F)F.Cc1ccc(OC[C@H](C)O)cc1C(F)(F)F.O=[N+]([O-])c1cccc(S(=O)(=O)CO[C@@H]2CO2)c1.[HH]. The van der Waals surface area contributed by atoms with Crippen molar-refractivity contribution in [2.75, 3.05) is 39.0 Å². The number of rotatable bonds is 15. The number of aliphatic hydroxyl groups is 1. The lowest BCUT2D eigenvalue weighted by Gasteiger charge is -2.13. The van der Waals surface area contributed by atoms with E-state index < -0.39 is 104 Å². The zero-order valence-electron chi connectivity index (χ0n) is 41.9. The fourth-order valence-corrected chi connectivity index (χ4v) is 6.94. The number of non-ortho nitro benzene ring substituents is 1. The van der Waals surface area contributed by atoms with Gasteiger partial charge in [0.2, 0.25) is 9.84 Å². The number of aromatic hydroxyl groups is 1. The third kappa shape index (κ3) is 23.5. The molecule has 7 rings (SSSR count). The Morgan fingerprint density at radius 1 is 0.684 bits per heavy atom. The van der Waals surface area contributed by atoms with Crippen molar-refractivity contribution >= 4 is 21.5 Å². The van der Waals surface area contributed by atoms with Crippen LogP contribution in [-0.4, -0.2) is 98.3 Å². The lowest BCUT2D eigenvalue weighted by Crippen LogP contribution is -2.14. The summed E-state index contributed by atoms with van der Waals surface area (Å²) in [6, 6.07) is 18.1. The van der Waals surface area contributed by atoms with Gasteiger partial charge in [0.05, 0.1) is 50.3 Å². The number of carboxylic acids is 1. The van der Waals surface area contributed by atoms with Crippen molar-refractivity contribution in [3.8, 4) is 23.0 Å². The predicted octanol–water partition coefficient (Wildman–Crippen LogP) is 12.4. The number of phenols is 1. The van der Waals surface area contributed by atoms with Crippen LogP contribution in [0.5, 0.6) is 23.0 Å². The number of carboxylic acid groups (broad SMARTS) is 1. The molecule has 0 unspecified atom stereocenters. The van der Waals surface area contributed by atoms with E-state index in [2.05, 4.69) is 0 Å². The van der Waals surface area contributed by atoms with E-state index in [1.54, 1.807) is 0 Å². The highest BCUT2D eigenvalue weighted by Gasteiger charge is 2.37. The topological polar surface area (TPSA) is 217 Å². The Hall–Kier alpha value is -6.95. The van der Waals surface area contributed by atoms with Crippen molar-refractivity contribution in [2.45, 2.75) is 88.9 Å². The summed E-state index contributed by atoms with van der Waals surface area (Å²) in [5.41, 5.74) is -4.16. The number of ether oxygens (including phenoxy) is 6. The van der Waals surface area contributed by atoms with Gasteiger partial charge >= 0.3 is 30.7 Å². The highest BCUT2D eigenvalue weighted by Crippen LogP contribution is 2.37. The van der Waals surface area contributed by atoms with Crippen molar-refractivity contribution in [1.82, 2.24) is 0 Å². The number of carbonyl (C=O) groups is 1. The summed E-state index contributed by atoms with van der Waals surface area (Å²) in [4.78, 5) is 20.4. The van der Waals surface area contributed by atoms with Gasteiger partial charge in [-0.05, 0) is 112 Å². The van der Waals surface area contributed by atoms with Crippen molar-refractivity contribution in [3.63, 3.8) is 0 Å². The second-order valence-corrected chi connectivity index (χ2v) is 18.8. The number of aryl methyl sites for hydroxylation is 3. The number of nitrogens with zero attached hydrogens (tertiary/aromatic N) is 1. The standard InChI is InChI=1S/C11H10F4O3.C11H11F3O2.C11H13F3O2.C9H9NO6S.C8H7F3O.H2/c1-6(12)5-18-7-2-3-8(10(16)17)9(4-7)11(13,14)15;1-7-2-3-8(15-5-9-6-16-9)4-10(7)11(12,13)14;1-7-3-4-9(16-6-8(2)15)5-10(7)11(12,13)14;11-10(12)7-2-1-3-8(4-7)17(13,14)6-16-9-5-15-9;1-5-2-3-6(12)4-7(5)8(9,10)11;/h2-4,6H,5H2,1H3,(H,16,17);2-4,9H,5-6H2,1H3;3-5,8,15H,6H2,1-2H3;1-4,9H,5-6H2;2-4,12H,1H3;1H/t6-;9-;8-;9-;;/m1101../s1. The maximum atomic E-state index is 12.6. The second-order valence-electron chi connectivity index (χ2n) is 16.9. The van der Waals surface area contributed by atoms with Gasteiger partial charge in [0.25, 0.3) is 5.69 Å². The highest BCUT2D eigenvalue weighted by molar-refractivity contribution is 7.91. The van der Waals surface area contributed by atoms with E-state index in [-0.39, 0.29) is 64.4 Å². The largest absolute Gasteiger partial charge is 0.508 e. The predicted molar refractivity (Wildman–Crippen MR) is 255 cm³/mol. The van der Waals surface area contributed by atoms with Crippen molar-refractivity contribution < 1.29 is 120 Å². The summed E-state index contributed by atoms with van der Waals surface area (Å²) >= 11 is 0. The van der Waals surface area contributed by atoms with Crippen LogP contribution in [0.15, 0.2) is 102 Å². The Labute approximate surface area is 443 Å². The first-order valence-electron chi connectivity index (χ1n) is 22.6. The van der Waals surface area contributed by atoms with Crippen LogP contribution in [-0.2, 0) is 48.8 Å². The van der Waals surface area contributed by atoms with Gasteiger partial charge in [-0.3, -0.25) is 10.1 Å². The van der Waals surface area contributed by atoms with E-state index in [0.29, 0.717) is 25.9 Å². The van der Waals surface area contributed by atoms with Gasteiger partial charge in [-0.15, -0.1) is 0 Å². The molecule has 438 valence electrons. The Kier molecular flexibility index (Phi) is 23.7. The van der Waals surface area contributed by atoms with E-state index >= 15 is 0 Å². The number of hydrogen-bond donors (Lipinski definition) is 3. The van der Waals surface area contributed by atoms with Gasteiger partial charge in [0.15, 0.2) is 12.2 Å². The summed E-state index contributed by atoms with van der Waals surface area (Å²) in [5.74, 6) is -2.48. The molecule has 4 atom stereocenters. The first-order chi connectivity index (χ1) is 36.4. The molecule has 3 N–H and O–H groups in total. The first-order valence-corrected chi connectivity index (χ1v) is 24.2. The number of nitro groups is 1. The van der Waals surface area contributed by atoms with Crippen LogP contribution < -0.4 is 14.2 Å². The number of benzene rings is 5. The van der Waals surface area contributed by atoms with E-state index in [1.807, 2.05) is 0 Å². The van der Waals surface area contributed by atoms with E-state index in [9.17, 15) is 80.4 Å². The molecule has 15 nitrogen and oxygen atoms in total.